The zero-order valence-electron chi connectivity index (χ0n) is 15.9. The van der Waals surface area contributed by atoms with Crippen LogP contribution >= 0.6 is 8.15 Å². The van der Waals surface area contributed by atoms with Crippen molar-refractivity contribution in [3.8, 4) is 17.2 Å². The highest BCUT2D eigenvalue weighted by Crippen LogP contribution is 2.42. The Balaban J connectivity index is 2.04. The molecule has 0 unspecified atom stereocenters. The lowest BCUT2D eigenvalue weighted by atomic mass is 10.3. The fourth-order valence-electron chi connectivity index (χ4n) is 2.55. The Morgan fingerprint density at radius 2 is 1.07 bits per heavy atom. The summed E-state index contributed by atoms with van der Waals surface area (Å²) in [6, 6.07) is 25.4. The maximum Gasteiger partial charge on any atom is 0.188 e. The van der Waals surface area contributed by atoms with E-state index in [-0.39, 0.29) is 13.6 Å². The van der Waals surface area contributed by atoms with Crippen LogP contribution in [0.15, 0.2) is 78.9 Å². The monoisotopic (exact) mass is 398 g/mol. The molecule has 28 heavy (non-hydrogen) atoms. The van der Waals surface area contributed by atoms with Crippen molar-refractivity contribution in [2.45, 2.75) is 0 Å². The summed E-state index contributed by atoms with van der Waals surface area (Å²) >= 11 is 0. The van der Waals surface area contributed by atoms with Crippen LogP contribution in [-0.4, -0.2) is 27.8 Å². The molecule has 0 heterocycles. The molecule has 3 aromatic rings. The molecule has 0 aliphatic heterocycles. The van der Waals surface area contributed by atoms with Crippen LogP contribution in [0.3, 0.4) is 0 Å². The van der Waals surface area contributed by atoms with E-state index in [4.69, 9.17) is 23.5 Å². The number of hydrogen-bond donors (Lipinski definition) is 0. The van der Waals surface area contributed by atoms with E-state index in [0.717, 1.165) is 16.4 Å². The first kappa shape index (κ1) is 20.2. The van der Waals surface area contributed by atoms with E-state index in [1.165, 1.54) is 0 Å². The zero-order chi connectivity index (χ0) is 19.6. The SMILES string of the molecule is COCOc1ccccc1P(Oc1ccccc1)c1ccccc1OCOC. The molecule has 146 valence electrons. The molecule has 0 amide bonds. The molecule has 0 aliphatic rings. The molecule has 0 fully saturated rings. The summed E-state index contributed by atoms with van der Waals surface area (Å²) in [7, 11) is 1.93. The predicted octanol–water partition coefficient (Wildman–Crippen LogP) is 4.08. The van der Waals surface area contributed by atoms with E-state index >= 15 is 0 Å². The van der Waals surface area contributed by atoms with E-state index in [0.29, 0.717) is 11.5 Å². The van der Waals surface area contributed by atoms with Gasteiger partial charge < -0.3 is 23.5 Å². The standard InChI is InChI=1S/C22H23O5P/c1-23-16-25-19-12-6-8-14-21(19)28(27-18-10-4-3-5-11-18)22-15-9-7-13-20(22)26-17-24-2/h3-15H,16-17H2,1-2H3. The van der Waals surface area contributed by atoms with Crippen LogP contribution in [0.2, 0.25) is 0 Å². The van der Waals surface area contributed by atoms with Gasteiger partial charge in [0.1, 0.15) is 17.2 Å². The van der Waals surface area contributed by atoms with Gasteiger partial charge in [-0.3, -0.25) is 0 Å². The second-order valence-corrected chi connectivity index (χ2v) is 7.47. The van der Waals surface area contributed by atoms with Crippen LogP contribution < -0.4 is 24.6 Å². The third-order valence-electron chi connectivity index (χ3n) is 3.77. The van der Waals surface area contributed by atoms with Crippen LogP contribution in [0.5, 0.6) is 17.2 Å². The molecule has 3 rings (SSSR count). The van der Waals surface area contributed by atoms with Crippen molar-refractivity contribution in [3.63, 3.8) is 0 Å². The average Bonchev–Trinajstić information content (AvgIpc) is 2.76. The number of benzene rings is 3. The van der Waals surface area contributed by atoms with Crippen molar-refractivity contribution in [1.29, 1.82) is 0 Å². The van der Waals surface area contributed by atoms with Gasteiger partial charge in [-0.25, -0.2) is 0 Å². The summed E-state index contributed by atoms with van der Waals surface area (Å²) in [5.41, 5.74) is 0. The van der Waals surface area contributed by atoms with Crippen LogP contribution in [0.25, 0.3) is 0 Å². The Bertz CT molecular complexity index is 805. The van der Waals surface area contributed by atoms with E-state index in [2.05, 4.69) is 0 Å². The summed E-state index contributed by atoms with van der Waals surface area (Å²) < 4.78 is 28.2. The van der Waals surface area contributed by atoms with Crippen LogP contribution in [0.1, 0.15) is 0 Å². The van der Waals surface area contributed by atoms with E-state index in [9.17, 15) is 0 Å². The topological polar surface area (TPSA) is 46.2 Å². The molecule has 0 radical (unpaired) electrons. The van der Waals surface area contributed by atoms with E-state index < -0.39 is 8.15 Å². The van der Waals surface area contributed by atoms with Crippen molar-refractivity contribution in [2.24, 2.45) is 0 Å². The number of para-hydroxylation sites is 3. The smallest absolute Gasteiger partial charge is 0.188 e. The molecule has 0 aromatic heterocycles. The average molecular weight is 398 g/mol. The van der Waals surface area contributed by atoms with Crippen LogP contribution in [0, 0.1) is 0 Å². The lowest BCUT2D eigenvalue weighted by Crippen LogP contribution is -2.21. The van der Waals surface area contributed by atoms with Crippen molar-refractivity contribution in [1.82, 2.24) is 0 Å². The fourth-order valence-corrected chi connectivity index (χ4v) is 4.46. The summed E-state index contributed by atoms with van der Waals surface area (Å²) in [5, 5.41) is 1.87. The van der Waals surface area contributed by atoms with Crippen molar-refractivity contribution in [3.05, 3.63) is 78.9 Å². The molecule has 5 nitrogen and oxygen atoms in total. The van der Waals surface area contributed by atoms with Gasteiger partial charge in [0.05, 0.1) is 10.6 Å². The van der Waals surface area contributed by atoms with Crippen molar-refractivity contribution < 1.29 is 23.5 Å². The summed E-state index contributed by atoms with van der Waals surface area (Å²) in [4.78, 5) is 0. The first-order chi connectivity index (χ1) is 13.8. The summed E-state index contributed by atoms with van der Waals surface area (Å²) in [5.74, 6) is 2.21. The molecule has 0 saturated carbocycles. The second-order valence-electron chi connectivity index (χ2n) is 5.74. The molecule has 0 N–H and O–H groups in total. The van der Waals surface area contributed by atoms with Gasteiger partial charge in [0.15, 0.2) is 21.7 Å². The molecule has 0 aliphatic carbocycles. The molecule has 0 atom stereocenters. The van der Waals surface area contributed by atoms with E-state index in [1.807, 2.05) is 78.9 Å². The first-order valence-electron chi connectivity index (χ1n) is 8.78. The number of hydrogen-bond acceptors (Lipinski definition) is 5. The van der Waals surface area contributed by atoms with Crippen LogP contribution in [0.4, 0.5) is 0 Å². The van der Waals surface area contributed by atoms with Crippen molar-refractivity contribution in [2.75, 3.05) is 27.8 Å². The predicted molar refractivity (Wildman–Crippen MR) is 111 cm³/mol. The lowest BCUT2D eigenvalue weighted by molar-refractivity contribution is 0.0518. The van der Waals surface area contributed by atoms with Crippen molar-refractivity contribution >= 4 is 18.8 Å². The number of ether oxygens (including phenoxy) is 4. The second kappa shape index (κ2) is 10.7. The fraction of sp³-hybridized carbons (Fsp3) is 0.182. The minimum atomic E-state index is -1.26. The molecule has 6 heteroatoms. The molecule has 0 saturated heterocycles. The Morgan fingerprint density at radius 1 is 0.607 bits per heavy atom. The van der Waals surface area contributed by atoms with Gasteiger partial charge in [-0.2, -0.15) is 0 Å². The highest BCUT2D eigenvalue weighted by Gasteiger charge is 2.25. The molecular weight excluding hydrogens is 375 g/mol. The highest BCUT2D eigenvalue weighted by molar-refractivity contribution is 7.69. The Labute approximate surface area is 166 Å². The Kier molecular flexibility index (Phi) is 7.68. The molecular formula is C22H23O5P. The van der Waals surface area contributed by atoms with Gasteiger partial charge in [0, 0.05) is 14.2 Å². The van der Waals surface area contributed by atoms with E-state index in [1.54, 1.807) is 14.2 Å². The maximum atomic E-state index is 6.45. The highest BCUT2D eigenvalue weighted by atomic mass is 31.1. The lowest BCUT2D eigenvalue weighted by Gasteiger charge is -2.23. The minimum absolute atomic E-state index is 0.160. The molecule has 0 bridgehead atoms. The minimum Gasteiger partial charge on any atom is -0.467 e. The number of methoxy groups -OCH3 is 2. The Morgan fingerprint density at radius 3 is 1.57 bits per heavy atom. The van der Waals surface area contributed by atoms with Gasteiger partial charge >= 0.3 is 0 Å². The zero-order valence-corrected chi connectivity index (χ0v) is 16.8. The largest absolute Gasteiger partial charge is 0.467 e. The van der Waals surface area contributed by atoms with Gasteiger partial charge in [-0.05, 0) is 36.4 Å². The summed E-state index contributed by atoms with van der Waals surface area (Å²) in [6.45, 7) is 0.320. The summed E-state index contributed by atoms with van der Waals surface area (Å²) in [6.07, 6.45) is 0. The Hall–Kier alpha value is -2.59. The van der Waals surface area contributed by atoms with Gasteiger partial charge in [-0.1, -0.05) is 42.5 Å². The third kappa shape index (κ3) is 5.23. The molecule has 0 spiro atoms. The molecule has 3 aromatic carbocycles. The van der Waals surface area contributed by atoms with Crippen LogP contribution in [-0.2, 0) is 9.47 Å². The van der Waals surface area contributed by atoms with Gasteiger partial charge in [0.25, 0.3) is 0 Å². The van der Waals surface area contributed by atoms with Gasteiger partial charge in [-0.15, -0.1) is 0 Å². The quantitative estimate of drug-likeness (QED) is 0.380. The number of rotatable bonds is 10. The maximum absolute atomic E-state index is 6.45. The normalized spacial score (nSPS) is 10.7. The first-order valence-corrected chi connectivity index (χ1v) is 10.0. The van der Waals surface area contributed by atoms with Gasteiger partial charge in [0.2, 0.25) is 0 Å². The third-order valence-corrected chi connectivity index (χ3v) is 5.78.